The summed E-state index contributed by atoms with van der Waals surface area (Å²) >= 11 is 0. The number of nitrogens with one attached hydrogen (secondary N) is 3. The highest BCUT2D eigenvalue weighted by Gasteiger charge is 2.20. The number of hydrogen-bond acceptors (Lipinski definition) is 4. The fraction of sp³-hybridized carbons (Fsp3) is 0.565. The Morgan fingerprint density at radius 2 is 2.03 bits per heavy atom. The van der Waals surface area contributed by atoms with E-state index in [9.17, 15) is 0 Å². The van der Waals surface area contributed by atoms with Crippen molar-refractivity contribution in [3.63, 3.8) is 0 Å². The van der Waals surface area contributed by atoms with E-state index in [-0.39, 0.29) is 30.1 Å². The molecular formula is C23H36IN5O2. The van der Waals surface area contributed by atoms with Gasteiger partial charge in [0.25, 0.3) is 0 Å². The summed E-state index contributed by atoms with van der Waals surface area (Å²) in [6, 6.07) is 6.03. The number of guanidine groups is 1. The average molecular weight is 541 g/mol. The van der Waals surface area contributed by atoms with E-state index in [1.165, 1.54) is 18.4 Å². The van der Waals surface area contributed by atoms with Crippen molar-refractivity contribution >= 4 is 29.9 Å². The standard InChI is InChI=1S/C23H35N5O2.HI/c1-4-24-23(25-14-8-10-18-16-27-28-17(18)2)26-15-19-9-7-13-21(29-3)22(19)30-20-11-5-6-12-20;/h7,9,13,16,20H,4-6,8,10-12,14-15H2,1-3H3,(H,27,28)(H2,24,25,26);1H. The molecule has 172 valence electrons. The number of benzene rings is 1. The van der Waals surface area contributed by atoms with E-state index in [1.807, 2.05) is 18.3 Å². The van der Waals surface area contributed by atoms with E-state index in [1.54, 1.807) is 7.11 Å². The van der Waals surface area contributed by atoms with Gasteiger partial charge in [-0.2, -0.15) is 5.10 Å². The number of aliphatic imine (C=N–C) groups is 1. The summed E-state index contributed by atoms with van der Waals surface area (Å²) in [4.78, 5) is 4.79. The van der Waals surface area contributed by atoms with Gasteiger partial charge in [0, 0.05) is 24.3 Å². The third-order valence-corrected chi connectivity index (χ3v) is 5.47. The molecule has 1 aromatic heterocycles. The highest BCUT2D eigenvalue weighted by molar-refractivity contribution is 14.0. The van der Waals surface area contributed by atoms with Crippen molar-refractivity contribution in [3.8, 4) is 11.5 Å². The summed E-state index contributed by atoms with van der Waals surface area (Å²) < 4.78 is 11.9. The summed E-state index contributed by atoms with van der Waals surface area (Å²) in [5.41, 5.74) is 3.46. The number of halogens is 1. The van der Waals surface area contributed by atoms with Gasteiger partial charge in [-0.05, 0) is 64.0 Å². The van der Waals surface area contributed by atoms with Gasteiger partial charge in [-0.1, -0.05) is 12.1 Å². The number of aromatic nitrogens is 2. The zero-order valence-electron chi connectivity index (χ0n) is 18.9. The van der Waals surface area contributed by atoms with E-state index in [4.69, 9.17) is 14.5 Å². The van der Waals surface area contributed by atoms with Crippen molar-refractivity contribution in [2.45, 2.75) is 65.0 Å². The second-order valence-corrected chi connectivity index (χ2v) is 7.72. The van der Waals surface area contributed by atoms with Crippen molar-refractivity contribution in [2.24, 2.45) is 4.99 Å². The molecule has 0 amide bonds. The van der Waals surface area contributed by atoms with Crippen LogP contribution in [0.4, 0.5) is 0 Å². The van der Waals surface area contributed by atoms with Gasteiger partial charge in [0.15, 0.2) is 17.5 Å². The lowest BCUT2D eigenvalue weighted by atomic mass is 10.1. The first-order valence-electron chi connectivity index (χ1n) is 11.0. The summed E-state index contributed by atoms with van der Waals surface area (Å²) in [5, 5.41) is 13.8. The van der Waals surface area contributed by atoms with Crippen molar-refractivity contribution in [1.29, 1.82) is 0 Å². The Kier molecular flexibility index (Phi) is 11.0. The summed E-state index contributed by atoms with van der Waals surface area (Å²) in [6.07, 6.45) is 8.89. The first kappa shape index (κ1) is 25.3. The lowest BCUT2D eigenvalue weighted by Gasteiger charge is -2.19. The Labute approximate surface area is 202 Å². The summed E-state index contributed by atoms with van der Waals surface area (Å²) in [5.74, 6) is 2.43. The van der Waals surface area contributed by atoms with Gasteiger partial charge in [-0.25, -0.2) is 4.99 Å². The third-order valence-electron chi connectivity index (χ3n) is 5.47. The van der Waals surface area contributed by atoms with Crippen LogP contribution < -0.4 is 20.1 Å². The summed E-state index contributed by atoms with van der Waals surface area (Å²) in [7, 11) is 1.69. The smallest absolute Gasteiger partial charge is 0.191 e. The van der Waals surface area contributed by atoms with Gasteiger partial charge in [0.2, 0.25) is 0 Å². The van der Waals surface area contributed by atoms with E-state index in [0.29, 0.717) is 6.54 Å². The highest BCUT2D eigenvalue weighted by Crippen LogP contribution is 2.35. The van der Waals surface area contributed by atoms with Gasteiger partial charge in [-0.15, -0.1) is 24.0 Å². The minimum atomic E-state index is 0. The van der Waals surface area contributed by atoms with Crippen LogP contribution in [-0.2, 0) is 13.0 Å². The average Bonchev–Trinajstić information content (AvgIpc) is 3.41. The van der Waals surface area contributed by atoms with Gasteiger partial charge in [0.1, 0.15) is 0 Å². The van der Waals surface area contributed by atoms with Crippen molar-refractivity contribution < 1.29 is 9.47 Å². The monoisotopic (exact) mass is 541 g/mol. The van der Waals surface area contributed by atoms with Crippen LogP contribution in [0.5, 0.6) is 11.5 Å². The lowest BCUT2D eigenvalue weighted by Crippen LogP contribution is -2.37. The summed E-state index contributed by atoms with van der Waals surface area (Å²) in [6.45, 7) is 6.33. The topological polar surface area (TPSA) is 83.6 Å². The van der Waals surface area contributed by atoms with Crippen LogP contribution in [0.15, 0.2) is 29.4 Å². The van der Waals surface area contributed by atoms with Crippen LogP contribution in [0.2, 0.25) is 0 Å². The molecule has 2 aromatic rings. The van der Waals surface area contributed by atoms with Crippen LogP contribution in [0.25, 0.3) is 0 Å². The number of nitrogens with zero attached hydrogens (tertiary/aromatic N) is 2. The third kappa shape index (κ3) is 7.59. The maximum Gasteiger partial charge on any atom is 0.191 e. The van der Waals surface area contributed by atoms with E-state index in [0.717, 1.165) is 67.5 Å². The van der Waals surface area contributed by atoms with E-state index >= 15 is 0 Å². The molecule has 1 fully saturated rings. The molecule has 1 aliphatic rings. The maximum absolute atomic E-state index is 6.33. The van der Waals surface area contributed by atoms with Crippen molar-refractivity contribution in [1.82, 2.24) is 20.8 Å². The van der Waals surface area contributed by atoms with Crippen LogP contribution in [0.3, 0.4) is 0 Å². The van der Waals surface area contributed by atoms with Crippen LogP contribution in [0.1, 0.15) is 55.8 Å². The molecule has 0 spiro atoms. The Hall–Kier alpha value is -1.97. The molecule has 1 aliphatic carbocycles. The molecule has 0 saturated heterocycles. The normalized spacial score (nSPS) is 14.2. The Balaban J connectivity index is 0.00000341. The fourth-order valence-corrected chi connectivity index (χ4v) is 3.77. The molecule has 31 heavy (non-hydrogen) atoms. The minimum Gasteiger partial charge on any atom is -0.493 e. The Bertz CT molecular complexity index is 818. The SMILES string of the molecule is CCNC(=NCc1cccc(OC)c1OC1CCCC1)NCCCc1cn[nH]c1C.I. The van der Waals surface area contributed by atoms with Crippen LogP contribution >= 0.6 is 24.0 Å². The molecule has 1 aromatic carbocycles. The highest BCUT2D eigenvalue weighted by atomic mass is 127. The molecule has 8 heteroatoms. The lowest BCUT2D eigenvalue weighted by molar-refractivity contribution is 0.198. The van der Waals surface area contributed by atoms with Crippen molar-refractivity contribution in [3.05, 3.63) is 41.2 Å². The number of rotatable bonds is 10. The maximum atomic E-state index is 6.33. The number of aryl methyl sites for hydroxylation is 2. The predicted octanol–water partition coefficient (Wildman–Crippen LogP) is 4.35. The van der Waals surface area contributed by atoms with Gasteiger partial charge in [-0.3, -0.25) is 5.10 Å². The van der Waals surface area contributed by atoms with Gasteiger partial charge in [0.05, 0.1) is 26.0 Å². The van der Waals surface area contributed by atoms with Gasteiger partial charge < -0.3 is 20.1 Å². The number of aromatic amines is 1. The Morgan fingerprint density at radius 3 is 2.71 bits per heavy atom. The second-order valence-electron chi connectivity index (χ2n) is 7.72. The molecule has 0 bridgehead atoms. The molecular weight excluding hydrogens is 505 g/mol. The largest absolute Gasteiger partial charge is 0.493 e. The second kappa shape index (κ2) is 13.4. The molecule has 0 atom stereocenters. The molecule has 1 heterocycles. The molecule has 0 unspecified atom stereocenters. The molecule has 7 nitrogen and oxygen atoms in total. The van der Waals surface area contributed by atoms with E-state index < -0.39 is 0 Å². The first-order chi connectivity index (χ1) is 14.7. The molecule has 0 aliphatic heterocycles. The first-order valence-corrected chi connectivity index (χ1v) is 11.0. The Morgan fingerprint density at radius 1 is 1.23 bits per heavy atom. The number of H-pyrrole nitrogens is 1. The molecule has 0 radical (unpaired) electrons. The number of hydrogen-bond donors (Lipinski definition) is 3. The van der Waals surface area contributed by atoms with Crippen LogP contribution in [0, 0.1) is 6.92 Å². The van der Waals surface area contributed by atoms with E-state index in [2.05, 4.69) is 40.7 Å². The fourth-order valence-electron chi connectivity index (χ4n) is 3.77. The number of para-hydroxylation sites is 1. The van der Waals surface area contributed by atoms with Gasteiger partial charge >= 0.3 is 0 Å². The molecule has 3 rings (SSSR count). The van der Waals surface area contributed by atoms with Crippen molar-refractivity contribution in [2.75, 3.05) is 20.2 Å². The zero-order chi connectivity index (χ0) is 21.2. The molecule has 1 saturated carbocycles. The number of ether oxygens (including phenoxy) is 2. The molecule has 3 N–H and O–H groups in total. The zero-order valence-corrected chi connectivity index (χ0v) is 21.2. The minimum absolute atomic E-state index is 0. The quantitative estimate of drug-likeness (QED) is 0.180. The van der Waals surface area contributed by atoms with Crippen LogP contribution in [-0.4, -0.2) is 42.5 Å². The number of methoxy groups -OCH3 is 1. The predicted molar refractivity (Wildman–Crippen MR) is 136 cm³/mol.